The summed E-state index contributed by atoms with van der Waals surface area (Å²) in [6.07, 6.45) is 1.56. The minimum atomic E-state index is -0.968. The highest BCUT2D eigenvalue weighted by Gasteiger charge is 2.16. The lowest BCUT2D eigenvalue weighted by molar-refractivity contribution is -0.148. The summed E-state index contributed by atoms with van der Waals surface area (Å²) in [6, 6.07) is 13.1. The largest absolute Gasteiger partial charge is 0.494 e. The molecule has 2 rings (SSSR count). The molecule has 5 nitrogen and oxygen atoms in total. The van der Waals surface area contributed by atoms with Crippen LogP contribution in [0.5, 0.6) is 5.75 Å². The Morgan fingerprint density at radius 3 is 2.52 bits per heavy atom. The summed E-state index contributed by atoms with van der Waals surface area (Å²) in [7, 11) is 1.37. The second-order valence-corrected chi connectivity index (χ2v) is 5.16. The number of amides is 1. The molecule has 1 atom stereocenters. The molecule has 130 valence electrons. The fraction of sp³-hybridized carbons (Fsp3) is 0.158. The van der Waals surface area contributed by atoms with Gasteiger partial charge in [0.05, 0.1) is 7.11 Å². The van der Waals surface area contributed by atoms with Gasteiger partial charge in [-0.05, 0) is 42.8 Å². The minimum absolute atomic E-state index is 0.117. The van der Waals surface area contributed by atoms with Crippen LogP contribution < -0.4 is 10.1 Å². The van der Waals surface area contributed by atoms with E-state index >= 15 is 0 Å². The third kappa shape index (κ3) is 5.46. The van der Waals surface area contributed by atoms with Gasteiger partial charge < -0.3 is 14.8 Å². The summed E-state index contributed by atoms with van der Waals surface area (Å²) in [6.45, 7) is 1.47. The van der Waals surface area contributed by atoms with Gasteiger partial charge in [0, 0.05) is 11.8 Å². The van der Waals surface area contributed by atoms with Crippen LogP contribution in [0, 0.1) is 5.82 Å². The molecular formula is C19H18FNO4. The molecule has 2 aromatic carbocycles. The van der Waals surface area contributed by atoms with Crippen LogP contribution in [0.4, 0.5) is 10.1 Å². The average molecular weight is 343 g/mol. The molecule has 0 bridgehead atoms. The minimum Gasteiger partial charge on any atom is -0.494 e. The van der Waals surface area contributed by atoms with Crippen molar-refractivity contribution in [3.8, 4) is 5.75 Å². The van der Waals surface area contributed by atoms with Crippen molar-refractivity contribution in [2.75, 3.05) is 12.4 Å². The monoisotopic (exact) mass is 343 g/mol. The Kier molecular flexibility index (Phi) is 6.28. The van der Waals surface area contributed by atoms with Crippen LogP contribution in [0.25, 0.3) is 6.08 Å². The Labute approximate surface area is 145 Å². The summed E-state index contributed by atoms with van der Waals surface area (Å²) in [5.74, 6) is -1.56. The second-order valence-electron chi connectivity index (χ2n) is 5.16. The number of hydrogen-bond donors (Lipinski definition) is 1. The van der Waals surface area contributed by atoms with E-state index in [4.69, 9.17) is 9.47 Å². The normalized spacial score (nSPS) is 11.8. The molecule has 0 aromatic heterocycles. The zero-order valence-corrected chi connectivity index (χ0v) is 13.9. The topological polar surface area (TPSA) is 64.6 Å². The molecule has 0 heterocycles. The smallest absolute Gasteiger partial charge is 0.331 e. The molecule has 0 aliphatic heterocycles. The molecule has 0 saturated heterocycles. The first kappa shape index (κ1) is 18.2. The van der Waals surface area contributed by atoms with E-state index < -0.39 is 23.8 Å². The number of ether oxygens (including phenoxy) is 2. The van der Waals surface area contributed by atoms with Crippen molar-refractivity contribution < 1.29 is 23.5 Å². The first-order valence-corrected chi connectivity index (χ1v) is 7.57. The van der Waals surface area contributed by atoms with Crippen LogP contribution in [0.2, 0.25) is 0 Å². The van der Waals surface area contributed by atoms with Crippen LogP contribution in [0.15, 0.2) is 54.6 Å². The van der Waals surface area contributed by atoms with Gasteiger partial charge in [0.2, 0.25) is 0 Å². The molecule has 0 spiro atoms. The average Bonchev–Trinajstić information content (AvgIpc) is 2.61. The fourth-order valence-electron chi connectivity index (χ4n) is 1.98. The van der Waals surface area contributed by atoms with E-state index in [0.29, 0.717) is 11.3 Å². The number of carbonyl (C=O) groups is 2. The highest BCUT2D eigenvalue weighted by molar-refractivity contribution is 5.96. The quantitative estimate of drug-likeness (QED) is 0.645. The molecule has 0 unspecified atom stereocenters. The lowest BCUT2D eigenvalue weighted by Gasteiger charge is -2.12. The summed E-state index contributed by atoms with van der Waals surface area (Å²) in [5.41, 5.74) is 1.08. The second kappa shape index (κ2) is 8.63. The number of para-hydroxylation sites is 1. The van der Waals surface area contributed by atoms with Gasteiger partial charge in [-0.3, -0.25) is 4.79 Å². The Bertz CT molecular complexity index is 774. The standard InChI is InChI=1S/C19H18FNO4/c1-13(19(23)21-15-6-4-3-5-7-15)25-18(22)11-9-14-8-10-17(24-2)16(20)12-14/h3-13H,1-2H3,(H,21,23)/b11-9+/t13-/m1/s1. The van der Waals surface area contributed by atoms with Gasteiger partial charge in [-0.2, -0.15) is 0 Å². The number of methoxy groups -OCH3 is 1. The van der Waals surface area contributed by atoms with Crippen LogP contribution in [-0.2, 0) is 14.3 Å². The van der Waals surface area contributed by atoms with Crippen molar-refractivity contribution in [3.05, 3.63) is 66.0 Å². The van der Waals surface area contributed by atoms with E-state index in [1.54, 1.807) is 30.3 Å². The third-order valence-corrected chi connectivity index (χ3v) is 3.29. The number of rotatable bonds is 6. The fourth-order valence-corrected chi connectivity index (χ4v) is 1.98. The summed E-state index contributed by atoms with van der Waals surface area (Å²) in [4.78, 5) is 23.7. The molecule has 0 fully saturated rings. The lowest BCUT2D eigenvalue weighted by Crippen LogP contribution is -2.29. The molecule has 25 heavy (non-hydrogen) atoms. The van der Waals surface area contributed by atoms with E-state index in [2.05, 4.69) is 5.32 Å². The van der Waals surface area contributed by atoms with Crippen LogP contribution in [0.1, 0.15) is 12.5 Å². The molecule has 0 saturated carbocycles. The maximum Gasteiger partial charge on any atom is 0.331 e. The van der Waals surface area contributed by atoms with Gasteiger partial charge in [0.1, 0.15) is 0 Å². The molecule has 0 aliphatic rings. The maximum absolute atomic E-state index is 13.6. The summed E-state index contributed by atoms with van der Waals surface area (Å²) < 4.78 is 23.4. The van der Waals surface area contributed by atoms with E-state index in [0.717, 1.165) is 6.08 Å². The predicted molar refractivity (Wildman–Crippen MR) is 92.6 cm³/mol. The highest BCUT2D eigenvalue weighted by Crippen LogP contribution is 2.18. The van der Waals surface area contributed by atoms with Crippen LogP contribution in [0.3, 0.4) is 0 Å². The summed E-state index contributed by atoms with van der Waals surface area (Å²) in [5, 5.41) is 2.64. The Morgan fingerprint density at radius 2 is 1.88 bits per heavy atom. The van der Waals surface area contributed by atoms with E-state index in [1.807, 2.05) is 6.07 Å². The van der Waals surface area contributed by atoms with Crippen LogP contribution in [-0.4, -0.2) is 25.1 Å². The first-order chi connectivity index (χ1) is 12.0. The number of carbonyl (C=O) groups excluding carboxylic acids is 2. The van der Waals surface area contributed by atoms with Gasteiger partial charge in [0.15, 0.2) is 17.7 Å². The van der Waals surface area contributed by atoms with Gasteiger partial charge in [-0.1, -0.05) is 24.3 Å². The molecule has 6 heteroatoms. The van der Waals surface area contributed by atoms with Gasteiger partial charge in [0.25, 0.3) is 5.91 Å². The van der Waals surface area contributed by atoms with Crippen molar-refractivity contribution >= 4 is 23.6 Å². The zero-order valence-electron chi connectivity index (χ0n) is 13.9. The third-order valence-electron chi connectivity index (χ3n) is 3.29. The number of halogens is 1. The number of anilines is 1. The molecule has 0 radical (unpaired) electrons. The van der Waals surface area contributed by atoms with Gasteiger partial charge >= 0.3 is 5.97 Å². The molecular weight excluding hydrogens is 325 g/mol. The van der Waals surface area contributed by atoms with Gasteiger partial charge in [-0.25, -0.2) is 9.18 Å². The highest BCUT2D eigenvalue weighted by atomic mass is 19.1. The van der Waals surface area contributed by atoms with Gasteiger partial charge in [-0.15, -0.1) is 0 Å². The number of hydrogen-bond acceptors (Lipinski definition) is 4. The number of benzene rings is 2. The summed E-state index contributed by atoms with van der Waals surface area (Å²) >= 11 is 0. The van der Waals surface area contributed by atoms with Crippen molar-refractivity contribution in [2.45, 2.75) is 13.0 Å². The Hall–Kier alpha value is -3.15. The Morgan fingerprint density at radius 1 is 1.16 bits per heavy atom. The molecule has 2 aromatic rings. The van der Waals surface area contributed by atoms with Crippen LogP contribution >= 0.6 is 0 Å². The zero-order chi connectivity index (χ0) is 18.2. The maximum atomic E-state index is 13.6. The predicted octanol–water partition coefficient (Wildman–Crippen LogP) is 3.42. The molecule has 0 aliphatic carbocycles. The van der Waals surface area contributed by atoms with Crippen molar-refractivity contribution in [2.24, 2.45) is 0 Å². The van der Waals surface area contributed by atoms with Crippen molar-refractivity contribution in [1.82, 2.24) is 0 Å². The number of nitrogens with one attached hydrogen (secondary N) is 1. The SMILES string of the molecule is COc1ccc(/C=C/C(=O)O[C@H](C)C(=O)Nc2ccccc2)cc1F. The van der Waals surface area contributed by atoms with E-state index in [9.17, 15) is 14.0 Å². The Balaban J connectivity index is 1.90. The lowest BCUT2D eigenvalue weighted by atomic mass is 10.2. The van der Waals surface area contributed by atoms with E-state index in [1.165, 1.54) is 32.2 Å². The molecule has 1 amide bonds. The number of esters is 1. The molecule has 1 N–H and O–H groups in total. The first-order valence-electron chi connectivity index (χ1n) is 7.57. The van der Waals surface area contributed by atoms with Crippen molar-refractivity contribution in [1.29, 1.82) is 0 Å². The van der Waals surface area contributed by atoms with E-state index in [-0.39, 0.29) is 5.75 Å². The van der Waals surface area contributed by atoms with Crippen molar-refractivity contribution in [3.63, 3.8) is 0 Å².